The highest BCUT2D eigenvalue weighted by Gasteiger charge is 2.33. The molecule has 0 saturated carbocycles. The third-order valence-corrected chi connectivity index (χ3v) is 13.1. The second kappa shape index (κ2) is 15.6. The van der Waals surface area contributed by atoms with Crippen LogP contribution >= 0.6 is 0 Å². The van der Waals surface area contributed by atoms with Crippen molar-refractivity contribution in [3.63, 3.8) is 0 Å². The summed E-state index contributed by atoms with van der Waals surface area (Å²) in [6.07, 6.45) is 1.94. The molecule has 0 radical (unpaired) electrons. The van der Waals surface area contributed by atoms with Gasteiger partial charge in [-0.15, -0.1) is 0 Å². The predicted octanol–water partition coefficient (Wildman–Crippen LogP) is 15.8. The summed E-state index contributed by atoms with van der Waals surface area (Å²) in [6.45, 7) is 19.1. The van der Waals surface area contributed by atoms with E-state index in [1.807, 2.05) is 6.20 Å². The summed E-state index contributed by atoms with van der Waals surface area (Å²) in [4.78, 5) is 9.91. The van der Waals surface area contributed by atoms with Crippen LogP contribution in [0.3, 0.4) is 0 Å². The van der Waals surface area contributed by atoms with Gasteiger partial charge in [-0.2, -0.15) is 0 Å². The molecule has 0 unspecified atom stereocenters. The third-order valence-electron chi connectivity index (χ3n) is 13.1. The first-order valence-electron chi connectivity index (χ1n) is 22.5. The summed E-state index contributed by atoms with van der Waals surface area (Å²) in [5.41, 5.74) is 14.1. The van der Waals surface area contributed by atoms with Crippen LogP contribution in [0.2, 0.25) is 0 Å². The van der Waals surface area contributed by atoms with Gasteiger partial charge >= 0.3 is 0 Å². The van der Waals surface area contributed by atoms with Crippen molar-refractivity contribution in [2.75, 3.05) is 16.5 Å². The van der Waals surface area contributed by atoms with E-state index >= 15 is 0 Å². The molecule has 0 atom stereocenters. The van der Waals surface area contributed by atoms with Gasteiger partial charge in [0, 0.05) is 51.5 Å². The molecule has 318 valence electrons. The lowest BCUT2D eigenvalue weighted by molar-refractivity contribution is 0.483. The molecule has 0 aliphatic carbocycles. The normalized spacial score (nSPS) is 13.2. The standard InChI is InChI=1S/C59H56N4O/c1-57(2,3)43-33-44(58(4,5)6)35-46(34-43)62-39-61(53-28-18-26-49(56(53)62)40-19-11-9-12-20-40)45-23-17-24-47(37-45)64-48-29-30-51-50-25-15-16-27-52(50)63(54(51)38-48)55-36-42(31-32-60-55)59(7,8)41-21-13-10-14-22-41/h9-38H,39H2,1-8H3. The minimum absolute atomic E-state index is 0.0138. The van der Waals surface area contributed by atoms with E-state index < -0.39 is 0 Å². The van der Waals surface area contributed by atoms with E-state index in [1.165, 1.54) is 50.1 Å². The molecule has 2 aromatic heterocycles. The number of nitrogens with zero attached hydrogens (tertiary/aromatic N) is 4. The number of para-hydroxylation sites is 2. The Labute approximate surface area is 378 Å². The molecule has 3 heterocycles. The molecule has 7 aromatic carbocycles. The van der Waals surface area contributed by atoms with Crippen LogP contribution in [0.1, 0.15) is 77.6 Å². The Bertz CT molecular complexity index is 3140. The van der Waals surface area contributed by atoms with E-state index in [1.54, 1.807) is 0 Å². The number of rotatable bonds is 8. The lowest BCUT2D eigenvalue weighted by Gasteiger charge is -2.30. The Morgan fingerprint density at radius 2 is 1.12 bits per heavy atom. The van der Waals surface area contributed by atoms with Crippen LogP contribution in [-0.4, -0.2) is 16.2 Å². The average molecular weight is 837 g/mol. The third kappa shape index (κ3) is 7.39. The zero-order valence-electron chi connectivity index (χ0n) is 38.2. The van der Waals surface area contributed by atoms with Crippen molar-refractivity contribution < 1.29 is 4.74 Å². The fourth-order valence-corrected chi connectivity index (χ4v) is 9.30. The second-order valence-corrected chi connectivity index (χ2v) is 19.8. The Kier molecular flexibility index (Phi) is 9.98. The molecule has 64 heavy (non-hydrogen) atoms. The molecule has 0 bridgehead atoms. The van der Waals surface area contributed by atoms with Crippen molar-refractivity contribution in [3.8, 4) is 28.4 Å². The SMILES string of the molecule is CC(C)(C)c1cc(N2CN(c3cccc(Oc4ccc5c6ccccc6n(-c6cc(C(C)(C)c7ccccc7)ccn6)c5c4)c3)c3cccc(-c4ccccc4)c32)cc(C(C)(C)C)c1. The number of anilines is 4. The van der Waals surface area contributed by atoms with Crippen molar-refractivity contribution in [2.45, 2.75) is 71.6 Å². The molecule has 0 spiro atoms. The van der Waals surface area contributed by atoms with Gasteiger partial charge in [0.1, 0.15) is 24.0 Å². The van der Waals surface area contributed by atoms with E-state index in [4.69, 9.17) is 9.72 Å². The number of hydrogen-bond donors (Lipinski definition) is 0. The predicted molar refractivity (Wildman–Crippen MR) is 269 cm³/mol. The first kappa shape index (κ1) is 40.9. The van der Waals surface area contributed by atoms with Crippen LogP contribution in [0.4, 0.5) is 22.7 Å². The number of benzene rings is 7. The van der Waals surface area contributed by atoms with Gasteiger partial charge in [0.15, 0.2) is 0 Å². The second-order valence-electron chi connectivity index (χ2n) is 19.8. The monoisotopic (exact) mass is 836 g/mol. The highest BCUT2D eigenvalue weighted by molar-refractivity contribution is 6.09. The van der Waals surface area contributed by atoms with Crippen molar-refractivity contribution in [2.24, 2.45) is 0 Å². The molecule has 5 nitrogen and oxygen atoms in total. The van der Waals surface area contributed by atoms with Gasteiger partial charge in [-0.1, -0.05) is 159 Å². The molecule has 0 saturated heterocycles. The topological polar surface area (TPSA) is 33.5 Å². The summed E-state index contributed by atoms with van der Waals surface area (Å²) in [6, 6.07) is 63.3. The molecule has 0 N–H and O–H groups in total. The first-order chi connectivity index (χ1) is 30.7. The van der Waals surface area contributed by atoms with Gasteiger partial charge in [-0.3, -0.25) is 4.57 Å². The van der Waals surface area contributed by atoms with Gasteiger partial charge in [0.25, 0.3) is 0 Å². The lowest BCUT2D eigenvalue weighted by atomic mass is 9.78. The molecular formula is C59H56N4O. The first-order valence-corrected chi connectivity index (χ1v) is 22.5. The maximum atomic E-state index is 6.83. The Hall–Kier alpha value is -7.11. The average Bonchev–Trinajstić information content (AvgIpc) is 3.85. The smallest absolute Gasteiger partial charge is 0.137 e. The number of pyridine rings is 1. The van der Waals surface area contributed by atoms with Crippen LogP contribution in [0.5, 0.6) is 11.5 Å². The minimum Gasteiger partial charge on any atom is -0.457 e. The van der Waals surface area contributed by atoms with Crippen molar-refractivity contribution in [1.82, 2.24) is 9.55 Å². The van der Waals surface area contributed by atoms with E-state index in [2.05, 4.69) is 246 Å². The highest BCUT2D eigenvalue weighted by atomic mass is 16.5. The maximum absolute atomic E-state index is 6.83. The van der Waals surface area contributed by atoms with Gasteiger partial charge in [-0.25, -0.2) is 4.98 Å². The fraction of sp³-hybridized carbons (Fsp3) is 0.203. The van der Waals surface area contributed by atoms with Crippen molar-refractivity contribution >= 4 is 44.6 Å². The number of aromatic nitrogens is 2. The Morgan fingerprint density at radius 1 is 0.469 bits per heavy atom. The summed E-state index contributed by atoms with van der Waals surface area (Å²) in [5, 5.41) is 2.33. The van der Waals surface area contributed by atoms with Crippen LogP contribution in [0, 0.1) is 0 Å². The number of fused-ring (bicyclic) bond motifs is 4. The van der Waals surface area contributed by atoms with Gasteiger partial charge < -0.3 is 14.5 Å². The van der Waals surface area contributed by atoms with Gasteiger partial charge in [0.05, 0.1) is 22.4 Å². The largest absolute Gasteiger partial charge is 0.457 e. The molecule has 0 amide bonds. The lowest BCUT2D eigenvalue weighted by Crippen LogP contribution is -2.25. The maximum Gasteiger partial charge on any atom is 0.137 e. The van der Waals surface area contributed by atoms with Crippen LogP contribution in [0.25, 0.3) is 38.8 Å². The minimum atomic E-state index is -0.209. The molecule has 1 aliphatic heterocycles. The zero-order valence-corrected chi connectivity index (χ0v) is 38.2. The summed E-state index contributed by atoms with van der Waals surface area (Å²) in [5.74, 6) is 2.41. The van der Waals surface area contributed by atoms with E-state index in [-0.39, 0.29) is 16.2 Å². The Balaban J connectivity index is 1.04. The molecule has 0 fully saturated rings. The number of ether oxygens (including phenoxy) is 1. The van der Waals surface area contributed by atoms with E-state index in [0.717, 1.165) is 45.1 Å². The van der Waals surface area contributed by atoms with Gasteiger partial charge in [0.2, 0.25) is 0 Å². The van der Waals surface area contributed by atoms with Gasteiger partial charge in [-0.05, 0) is 99.3 Å². The summed E-state index contributed by atoms with van der Waals surface area (Å²) >= 11 is 0. The van der Waals surface area contributed by atoms with E-state index in [9.17, 15) is 0 Å². The van der Waals surface area contributed by atoms with Crippen LogP contribution in [0.15, 0.2) is 182 Å². The van der Waals surface area contributed by atoms with Crippen molar-refractivity contribution in [3.05, 3.63) is 204 Å². The zero-order chi connectivity index (χ0) is 44.4. The molecule has 1 aliphatic rings. The quantitative estimate of drug-likeness (QED) is 0.153. The molecular weight excluding hydrogens is 781 g/mol. The van der Waals surface area contributed by atoms with Crippen LogP contribution in [-0.2, 0) is 16.2 Å². The molecule has 10 rings (SSSR count). The van der Waals surface area contributed by atoms with Crippen molar-refractivity contribution in [1.29, 1.82) is 0 Å². The summed E-state index contributed by atoms with van der Waals surface area (Å²) < 4.78 is 9.11. The highest BCUT2D eigenvalue weighted by Crippen LogP contribution is 2.51. The summed E-state index contributed by atoms with van der Waals surface area (Å²) in [7, 11) is 0. The van der Waals surface area contributed by atoms with E-state index in [0.29, 0.717) is 6.67 Å². The van der Waals surface area contributed by atoms with Crippen LogP contribution < -0.4 is 14.5 Å². The molecule has 5 heteroatoms. The Morgan fingerprint density at radius 3 is 1.86 bits per heavy atom. The fourth-order valence-electron chi connectivity index (χ4n) is 9.30. The number of hydrogen-bond acceptors (Lipinski definition) is 4. The molecule has 9 aromatic rings.